The first-order valence-electron chi connectivity index (χ1n) is 7.82. The molecule has 1 saturated heterocycles. The zero-order valence-electron chi connectivity index (χ0n) is 13.6. The first kappa shape index (κ1) is 17.1. The van der Waals surface area contributed by atoms with Crippen molar-refractivity contribution in [1.29, 1.82) is 0 Å². The van der Waals surface area contributed by atoms with Gasteiger partial charge in [-0.2, -0.15) is 0 Å². The van der Waals surface area contributed by atoms with Crippen LogP contribution in [0.2, 0.25) is 0 Å². The Morgan fingerprint density at radius 3 is 2.40 bits per heavy atom. The molecule has 0 spiro atoms. The van der Waals surface area contributed by atoms with Crippen LogP contribution >= 0.6 is 0 Å². The summed E-state index contributed by atoms with van der Waals surface area (Å²) in [5, 5.41) is 2.80. The summed E-state index contributed by atoms with van der Waals surface area (Å²) in [5.74, 6) is -0.913. The van der Waals surface area contributed by atoms with Gasteiger partial charge in [-0.15, -0.1) is 0 Å². The molecule has 2 atom stereocenters. The summed E-state index contributed by atoms with van der Waals surface area (Å²) in [6.07, 6.45) is 0.539. The van der Waals surface area contributed by atoms with Crippen LogP contribution in [-0.4, -0.2) is 25.0 Å². The summed E-state index contributed by atoms with van der Waals surface area (Å²) in [4.78, 5) is 23.8. The first-order valence-corrected chi connectivity index (χ1v) is 7.82. The molecule has 1 aliphatic rings. The molecular formula is C18H18FN3O3. The molecule has 130 valence electrons. The van der Waals surface area contributed by atoms with Gasteiger partial charge in [0.05, 0.1) is 12.7 Å². The van der Waals surface area contributed by atoms with Crippen molar-refractivity contribution in [2.24, 2.45) is 0 Å². The number of hydrazine groups is 1. The van der Waals surface area contributed by atoms with Gasteiger partial charge in [-0.1, -0.05) is 12.1 Å². The molecule has 2 aromatic carbocycles. The molecule has 2 aromatic rings. The average Bonchev–Trinajstić information content (AvgIpc) is 3.12. The highest BCUT2D eigenvalue weighted by Gasteiger charge is 2.30. The van der Waals surface area contributed by atoms with Gasteiger partial charge in [0.25, 0.3) is 0 Å². The number of carbonyl (C=O) groups excluding carboxylic acids is 2. The highest BCUT2D eigenvalue weighted by molar-refractivity contribution is 5.96. The number of esters is 1. The summed E-state index contributed by atoms with van der Waals surface area (Å²) in [7, 11) is 1.31. The molecule has 6 nitrogen and oxygen atoms in total. The van der Waals surface area contributed by atoms with Crippen molar-refractivity contribution < 1.29 is 18.7 Å². The highest BCUT2D eigenvalue weighted by Crippen LogP contribution is 2.23. The maximum absolute atomic E-state index is 13.0. The normalized spacial score (nSPS) is 19.4. The van der Waals surface area contributed by atoms with E-state index in [-0.39, 0.29) is 17.8 Å². The van der Waals surface area contributed by atoms with Gasteiger partial charge in [-0.25, -0.2) is 20.0 Å². The molecule has 3 N–H and O–H groups in total. The Morgan fingerprint density at radius 1 is 1.08 bits per heavy atom. The van der Waals surface area contributed by atoms with Crippen molar-refractivity contribution in [2.45, 2.75) is 18.5 Å². The number of halogens is 1. The second-order valence-corrected chi connectivity index (χ2v) is 5.74. The lowest BCUT2D eigenvalue weighted by Crippen LogP contribution is -2.39. The van der Waals surface area contributed by atoms with E-state index in [1.54, 1.807) is 36.4 Å². The summed E-state index contributed by atoms with van der Waals surface area (Å²) in [6.45, 7) is 0. The third-order valence-electron chi connectivity index (χ3n) is 4.07. The van der Waals surface area contributed by atoms with Crippen LogP contribution in [0.5, 0.6) is 0 Å². The zero-order chi connectivity index (χ0) is 17.8. The maximum atomic E-state index is 13.0. The fourth-order valence-corrected chi connectivity index (χ4v) is 2.68. The van der Waals surface area contributed by atoms with Crippen molar-refractivity contribution in [1.82, 2.24) is 10.9 Å². The van der Waals surface area contributed by atoms with Crippen LogP contribution in [-0.2, 0) is 9.53 Å². The number of hydrogen-bond acceptors (Lipinski definition) is 5. The fraction of sp³-hybridized carbons (Fsp3) is 0.222. The average molecular weight is 343 g/mol. The lowest BCUT2D eigenvalue weighted by molar-refractivity contribution is -0.117. The van der Waals surface area contributed by atoms with E-state index < -0.39 is 12.0 Å². The molecule has 0 aliphatic carbocycles. The number of anilines is 1. The number of methoxy groups -OCH3 is 1. The minimum atomic E-state index is -0.429. The summed E-state index contributed by atoms with van der Waals surface area (Å²) >= 11 is 0. The van der Waals surface area contributed by atoms with Gasteiger partial charge in [-0.3, -0.25) is 4.79 Å². The molecule has 1 fully saturated rings. The van der Waals surface area contributed by atoms with Crippen LogP contribution in [0.15, 0.2) is 48.5 Å². The molecule has 0 radical (unpaired) electrons. The molecule has 1 aliphatic heterocycles. The largest absolute Gasteiger partial charge is 0.465 e. The number of ether oxygens (including phenoxy) is 1. The number of nitrogens with one attached hydrogen (secondary N) is 3. The van der Waals surface area contributed by atoms with Crippen molar-refractivity contribution in [2.75, 3.05) is 12.4 Å². The summed E-state index contributed by atoms with van der Waals surface area (Å²) in [5.41, 5.74) is 7.91. The van der Waals surface area contributed by atoms with Crippen molar-refractivity contribution in [3.63, 3.8) is 0 Å². The van der Waals surface area contributed by atoms with E-state index in [4.69, 9.17) is 0 Å². The van der Waals surface area contributed by atoms with Crippen LogP contribution in [0.4, 0.5) is 10.1 Å². The van der Waals surface area contributed by atoms with Gasteiger partial charge >= 0.3 is 5.97 Å². The Hall–Kier alpha value is -2.77. The Bertz CT molecular complexity index is 762. The van der Waals surface area contributed by atoms with Crippen LogP contribution in [0.1, 0.15) is 28.4 Å². The lowest BCUT2D eigenvalue weighted by atomic mass is 10.0. The predicted octanol–water partition coefficient (Wildman–Crippen LogP) is 2.16. The van der Waals surface area contributed by atoms with Gasteiger partial charge in [0.1, 0.15) is 11.9 Å². The quantitative estimate of drug-likeness (QED) is 0.742. The third kappa shape index (κ3) is 4.01. The number of benzene rings is 2. The molecule has 7 heteroatoms. The van der Waals surface area contributed by atoms with Crippen molar-refractivity contribution in [3.8, 4) is 0 Å². The summed E-state index contributed by atoms with van der Waals surface area (Å²) < 4.78 is 17.6. The molecule has 3 rings (SSSR count). The molecule has 1 heterocycles. The van der Waals surface area contributed by atoms with E-state index in [1.807, 2.05) is 0 Å². The third-order valence-corrected chi connectivity index (χ3v) is 4.07. The van der Waals surface area contributed by atoms with Gasteiger partial charge in [-0.05, 0) is 48.4 Å². The van der Waals surface area contributed by atoms with E-state index in [0.717, 1.165) is 5.56 Å². The monoisotopic (exact) mass is 343 g/mol. The van der Waals surface area contributed by atoms with E-state index in [1.165, 1.54) is 19.2 Å². The van der Waals surface area contributed by atoms with Gasteiger partial charge in [0, 0.05) is 11.7 Å². The van der Waals surface area contributed by atoms with Crippen molar-refractivity contribution in [3.05, 3.63) is 65.5 Å². The molecule has 0 aromatic heterocycles. The van der Waals surface area contributed by atoms with E-state index in [9.17, 15) is 14.0 Å². The van der Waals surface area contributed by atoms with Crippen molar-refractivity contribution >= 4 is 17.6 Å². The zero-order valence-corrected chi connectivity index (χ0v) is 13.6. The van der Waals surface area contributed by atoms with Crippen LogP contribution in [0.3, 0.4) is 0 Å². The topological polar surface area (TPSA) is 79.5 Å². The van der Waals surface area contributed by atoms with E-state index in [0.29, 0.717) is 17.7 Å². The van der Waals surface area contributed by atoms with Gasteiger partial charge < -0.3 is 10.1 Å². The number of carbonyl (C=O) groups is 2. The second-order valence-electron chi connectivity index (χ2n) is 5.74. The molecule has 2 unspecified atom stereocenters. The SMILES string of the molecule is COC(=O)c1ccc(NC(=O)C2CC(c3ccc(F)cc3)NN2)cc1. The maximum Gasteiger partial charge on any atom is 0.337 e. The Morgan fingerprint density at radius 2 is 1.76 bits per heavy atom. The minimum absolute atomic E-state index is 0.0712. The minimum Gasteiger partial charge on any atom is -0.465 e. The molecular weight excluding hydrogens is 325 g/mol. The Balaban J connectivity index is 1.59. The molecule has 0 saturated carbocycles. The van der Waals surface area contributed by atoms with Crippen LogP contribution < -0.4 is 16.2 Å². The Labute approximate surface area is 144 Å². The van der Waals surface area contributed by atoms with Gasteiger partial charge in [0.2, 0.25) is 5.91 Å². The lowest BCUT2D eigenvalue weighted by Gasteiger charge is -2.11. The van der Waals surface area contributed by atoms with E-state index in [2.05, 4.69) is 20.9 Å². The fourth-order valence-electron chi connectivity index (χ4n) is 2.68. The first-order chi connectivity index (χ1) is 12.1. The predicted molar refractivity (Wildman–Crippen MR) is 90.2 cm³/mol. The molecule has 1 amide bonds. The molecule has 25 heavy (non-hydrogen) atoms. The standard InChI is InChI=1S/C18H18FN3O3/c1-25-18(24)12-4-8-14(9-5-12)20-17(23)16-10-15(21-22-16)11-2-6-13(19)7-3-11/h2-9,15-16,21-22H,10H2,1H3,(H,20,23). The number of rotatable bonds is 4. The van der Waals surface area contributed by atoms with E-state index >= 15 is 0 Å². The van der Waals surface area contributed by atoms with Crippen LogP contribution in [0.25, 0.3) is 0 Å². The second kappa shape index (κ2) is 7.42. The Kier molecular flexibility index (Phi) is 5.06. The summed E-state index contributed by atoms with van der Waals surface area (Å²) in [6, 6.07) is 12.1. The number of amides is 1. The van der Waals surface area contributed by atoms with Gasteiger partial charge in [0.15, 0.2) is 0 Å². The highest BCUT2D eigenvalue weighted by atomic mass is 19.1. The van der Waals surface area contributed by atoms with Crippen LogP contribution in [0, 0.1) is 5.82 Å². The molecule has 0 bridgehead atoms. The smallest absolute Gasteiger partial charge is 0.337 e. The number of hydrogen-bond donors (Lipinski definition) is 3.